The molecule has 0 radical (unpaired) electrons. The third kappa shape index (κ3) is 2.73. The number of hydrogen-bond acceptors (Lipinski definition) is 3. The molecule has 0 aliphatic rings. The summed E-state index contributed by atoms with van der Waals surface area (Å²) >= 11 is 1.43. The molecule has 1 aromatic heterocycles. The van der Waals surface area contributed by atoms with E-state index in [1.165, 1.54) is 23.9 Å². The largest absolute Gasteiger partial charge is 0.468 e. The highest BCUT2D eigenvalue weighted by molar-refractivity contribution is 7.98. The van der Waals surface area contributed by atoms with E-state index >= 15 is 0 Å². The van der Waals surface area contributed by atoms with Gasteiger partial charge in [-0.15, -0.1) is 11.8 Å². The van der Waals surface area contributed by atoms with Crippen molar-refractivity contribution in [3.05, 3.63) is 53.7 Å². The third-order valence-electron chi connectivity index (χ3n) is 1.99. The van der Waals surface area contributed by atoms with Crippen LogP contribution in [0.3, 0.4) is 0 Å². The van der Waals surface area contributed by atoms with E-state index in [2.05, 4.69) is 0 Å². The maximum atomic E-state index is 13.1. The molecule has 0 N–H and O–H groups in total. The lowest BCUT2D eigenvalue weighted by atomic mass is 10.2. The van der Waals surface area contributed by atoms with Gasteiger partial charge in [0.2, 0.25) is 0 Å². The second kappa shape index (κ2) is 4.99. The Morgan fingerprint density at radius 3 is 2.94 bits per heavy atom. The van der Waals surface area contributed by atoms with E-state index in [-0.39, 0.29) is 0 Å². The molecule has 0 aliphatic carbocycles. The molecule has 0 spiro atoms. The van der Waals surface area contributed by atoms with Gasteiger partial charge in [-0.25, -0.2) is 4.39 Å². The minimum atomic E-state index is -0.397. The molecular weight excluding hydrogens is 227 g/mol. The summed E-state index contributed by atoms with van der Waals surface area (Å²) in [6, 6.07) is 7.93. The average molecular weight is 236 g/mol. The Kier molecular flexibility index (Phi) is 3.41. The molecule has 2 rings (SSSR count). The average Bonchev–Trinajstić information content (AvgIpc) is 2.78. The minimum absolute atomic E-state index is 0.349. The fraction of sp³-hybridized carbons (Fsp3) is 0.0833. The number of carbonyl (C=O) groups is 1. The van der Waals surface area contributed by atoms with Gasteiger partial charge in [-0.1, -0.05) is 0 Å². The monoisotopic (exact) mass is 236 g/mol. The predicted octanol–water partition coefficient (Wildman–Crippen LogP) is 3.52. The zero-order valence-electron chi connectivity index (χ0n) is 8.35. The fourth-order valence-electron chi connectivity index (χ4n) is 1.28. The number of benzene rings is 1. The molecule has 4 heteroatoms. The number of aldehydes is 1. The van der Waals surface area contributed by atoms with Crippen LogP contribution in [0.4, 0.5) is 4.39 Å². The second-order valence-electron chi connectivity index (χ2n) is 3.21. The second-order valence-corrected chi connectivity index (χ2v) is 4.25. The molecule has 2 aromatic rings. The van der Waals surface area contributed by atoms with Gasteiger partial charge in [0.05, 0.1) is 12.0 Å². The molecular formula is C12H9FO2S. The number of hydrogen-bond donors (Lipinski definition) is 0. The topological polar surface area (TPSA) is 30.2 Å². The van der Waals surface area contributed by atoms with Gasteiger partial charge in [-0.3, -0.25) is 4.79 Å². The van der Waals surface area contributed by atoms with E-state index in [0.717, 1.165) is 10.7 Å². The summed E-state index contributed by atoms with van der Waals surface area (Å²) in [5.41, 5.74) is 0.349. The van der Waals surface area contributed by atoms with Crippen LogP contribution in [0.15, 0.2) is 45.9 Å². The summed E-state index contributed by atoms with van der Waals surface area (Å²) in [6.45, 7) is 0. The van der Waals surface area contributed by atoms with Crippen molar-refractivity contribution in [2.75, 3.05) is 0 Å². The maximum Gasteiger partial charge on any atom is 0.150 e. The Balaban J connectivity index is 2.09. The van der Waals surface area contributed by atoms with Gasteiger partial charge in [0.25, 0.3) is 0 Å². The van der Waals surface area contributed by atoms with Crippen LogP contribution in [-0.4, -0.2) is 6.29 Å². The highest BCUT2D eigenvalue weighted by atomic mass is 32.2. The normalized spacial score (nSPS) is 10.3. The van der Waals surface area contributed by atoms with Gasteiger partial charge in [0, 0.05) is 10.5 Å². The quantitative estimate of drug-likeness (QED) is 0.601. The number of halogens is 1. The highest BCUT2D eigenvalue weighted by Gasteiger charge is 2.02. The van der Waals surface area contributed by atoms with E-state index in [9.17, 15) is 9.18 Å². The van der Waals surface area contributed by atoms with Crippen molar-refractivity contribution in [2.45, 2.75) is 10.6 Å². The van der Waals surface area contributed by atoms with E-state index in [1.54, 1.807) is 18.4 Å². The molecule has 0 fully saturated rings. The number of furan rings is 1. The molecule has 0 unspecified atom stereocenters. The van der Waals surface area contributed by atoms with Crippen molar-refractivity contribution in [2.24, 2.45) is 0 Å². The van der Waals surface area contributed by atoms with Gasteiger partial charge in [-0.05, 0) is 30.3 Å². The van der Waals surface area contributed by atoms with Gasteiger partial charge in [-0.2, -0.15) is 0 Å². The lowest BCUT2D eigenvalue weighted by Crippen LogP contribution is -1.85. The first kappa shape index (κ1) is 11.0. The number of carbonyl (C=O) groups excluding carboxylic acids is 1. The van der Waals surface area contributed by atoms with Crippen molar-refractivity contribution in [3.8, 4) is 0 Å². The lowest BCUT2D eigenvalue weighted by molar-refractivity contribution is 0.112. The third-order valence-corrected chi connectivity index (χ3v) is 2.99. The maximum absolute atomic E-state index is 13.1. The molecule has 1 aromatic carbocycles. The molecule has 0 saturated carbocycles. The van der Waals surface area contributed by atoms with Crippen molar-refractivity contribution < 1.29 is 13.6 Å². The molecule has 0 aliphatic heterocycles. The van der Waals surface area contributed by atoms with Crippen LogP contribution in [0, 0.1) is 5.82 Å². The SMILES string of the molecule is O=Cc1cc(F)cc(SCc2ccco2)c1. The minimum Gasteiger partial charge on any atom is -0.468 e. The van der Waals surface area contributed by atoms with Gasteiger partial charge in [0.15, 0.2) is 0 Å². The molecule has 2 nitrogen and oxygen atoms in total. The molecule has 16 heavy (non-hydrogen) atoms. The van der Waals surface area contributed by atoms with Crippen LogP contribution in [0.25, 0.3) is 0 Å². The Labute approximate surface area is 96.5 Å². The van der Waals surface area contributed by atoms with E-state index in [1.807, 2.05) is 6.07 Å². The van der Waals surface area contributed by atoms with E-state index in [4.69, 9.17) is 4.42 Å². The molecule has 0 bridgehead atoms. The van der Waals surface area contributed by atoms with Gasteiger partial charge < -0.3 is 4.42 Å². The molecule has 1 heterocycles. The first-order chi connectivity index (χ1) is 7.78. The van der Waals surface area contributed by atoms with Crippen molar-refractivity contribution in [1.29, 1.82) is 0 Å². The number of thioether (sulfide) groups is 1. The van der Waals surface area contributed by atoms with Crippen LogP contribution in [0.2, 0.25) is 0 Å². The summed E-state index contributed by atoms with van der Waals surface area (Å²) in [4.78, 5) is 11.3. The first-order valence-corrected chi connectivity index (χ1v) is 5.67. The lowest BCUT2D eigenvalue weighted by Gasteiger charge is -2.01. The standard InChI is InChI=1S/C12H9FO2S/c13-10-4-9(7-14)5-12(6-10)16-8-11-2-1-3-15-11/h1-7H,8H2. The van der Waals surface area contributed by atoms with Crippen LogP contribution < -0.4 is 0 Å². The predicted molar refractivity (Wildman–Crippen MR) is 60.1 cm³/mol. The Morgan fingerprint density at radius 2 is 2.25 bits per heavy atom. The molecule has 0 amide bonds. The van der Waals surface area contributed by atoms with Crippen molar-refractivity contribution in [3.63, 3.8) is 0 Å². The van der Waals surface area contributed by atoms with E-state index < -0.39 is 5.82 Å². The van der Waals surface area contributed by atoms with E-state index in [0.29, 0.717) is 17.6 Å². The van der Waals surface area contributed by atoms with Crippen LogP contribution in [-0.2, 0) is 5.75 Å². The Hall–Kier alpha value is -1.55. The fourth-order valence-corrected chi connectivity index (χ4v) is 2.17. The van der Waals surface area contributed by atoms with Gasteiger partial charge >= 0.3 is 0 Å². The highest BCUT2D eigenvalue weighted by Crippen LogP contribution is 2.24. The summed E-state index contributed by atoms with van der Waals surface area (Å²) in [7, 11) is 0. The molecule has 82 valence electrons. The van der Waals surface area contributed by atoms with Crippen molar-refractivity contribution in [1.82, 2.24) is 0 Å². The number of rotatable bonds is 4. The summed E-state index contributed by atoms with van der Waals surface area (Å²) < 4.78 is 18.2. The summed E-state index contributed by atoms with van der Waals surface area (Å²) in [5, 5.41) is 0. The van der Waals surface area contributed by atoms with Crippen LogP contribution in [0.1, 0.15) is 16.1 Å². The summed E-state index contributed by atoms with van der Waals surface area (Å²) in [6.07, 6.45) is 2.23. The van der Waals surface area contributed by atoms with Crippen molar-refractivity contribution >= 4 is 18.0 Å². The Bertz CT molecular complexity index is 480. The zero-order chi connectivity index (χ0) is 11.4. The zero-order valence-corrected chi connectivity index (χ0v) is 9.17. The smallest absolute Gasteiger partial charge is 0.150 e. The Morgan fingerprint density at radius 1 is 1.38 bits per heavy atom. The van der Waals surface area contributed by atoms with Crippen LogP contribution >= 0.6 is 11.8 Å². The first-order valence-electron chi connectivity index (χ1n) is 4.69. The molecule has 0 atom stereocenters. The summed E-state index contributed by atoms with van der Waals surface area (Å²) in [5.74, 6) is 1.04. The van der Waals surface area contributed by atoms with Crippen LogP contribution in [0.5, 0.6) is 0 Å². The molecule has 0 saturated heterocycles. The van der Waals surface area contributed by atoms with Gasteiger partial charge in [0.1, 0.15) is 17.9 Å².